The number of hydrogen-bond donors (Lipinski definition) is 1. The summed E-state index contributed by atoms with van der Waals surface area (Å²) in [5.74, 6) is 0.664. The maximum absolute atomic E-state index is 3.42. The second-order valence-electron chi connectivity index (χ2n) is 5.45. The molecule has 1 aliphatic rings. The van der Waals surface area contributed by atoms with E-state index in [1.807, 2.05) is 11.3 Å². The third-order valence-electron chi connectivity index (χ3n) is 3.69. The highest BCUT2D eigenvalue weighted by atomic mass is 32.1. The molecule has 1 aliphatic heterocycles. The van der Waals surface area contributed by atoms with Crippen molar-refractivity contribution in [3.63, 3.8) is 0 Å². The average molecular weight is 267 g/mol. The first-order valence-electron chi connectivity index (χ1n) is 6.81. The minimum Gasteiger partial charge on any atom is -0.314 e. The Bertz CT molecular complexity index is 331. The molecular formula is C14H25N3S. The van der Waals surface area contributed by atoms with E-state index in [0.717, 1.165) is 13.1 Å². The normalized spacial score (nSPS) is 21.1. The number of rotatable bonds is 5. The summed E-state index contributed by atoms with van der Waals surface area (Å²) < 4.78 is 0. The third-order valence-corrected chi connectivity index (χ3v) is 4.63. The molecule has 1 saturated heterocycles. The van der Waals surface area contributed by atoms with Crippen LogP contribution in [0.1, 0.15) is 17.8 Å². The number of thiophene rings is 1. The van der Waals surface area contributed by atoms with Crippen molar-refractivity contribution >= 4 is 11.3 Å². The van der Waals surface area contributed by atoms with Crippen LogP contribution in [0.15, 0.2) is 17.5 Å². The van der Waals surface area contributed by atoms with E-state index in [0.29, 0.717) is 12.0 Å². The first-order chi connectivity index (χ1) is 8.68. The van der Waals surface area contributed by atoms with Crippen LogP contribution in [0.4, 0.5) is 0 Å². The molecular weight excluding hydrogens is 242 g/mol. The molecule has 0 amide bonds. The Labute approximate surface area is 115 Å². The predicted molar refractivity (Wildman–Crippen MR) is 79.2 cm³/mol. The lowest BCUT2D eigenvalue weighted by atomic mass is 9.98. The van der Waals surface area contributed by atoms with Crippen molar-refractivity contribution in [1.82, 2.24) is 15.1 Å². The summed E-state index contributed by atoms with van der Waals surface area (Å²) in [5, 5.41) is 5.60. The van der Waals surface area contributed by atoms with Crippen molar-refractivity contribution in [2.45, 2.75) is 13.0 Å². The summed E-state index contributed by atoms with van der Waals surface area (Å²) in [6, 6.07) is 4.97. The molecule has 102 valence electrons. The second kappa shape index (κ2) is 6.66. The van der Waals surface area contributed by atoms with Crippen molar-refractivity contribution in [3.8, 4) is 0 Å². The van der Waals surface area contributed by atoms with Crippen molar-refractivity contribution in [3.05, 3.63) is 22.4 Å². The van der Waals surface area contributed by atoms with Crippen LogP contribution in [0.25, 0.3) is 0 Å². The van der Waals surface area contributed by atoms with Crippen molar-refractivity contribution in [1.29, 1.82) is 0 Å². The Balaban J connectivity index is 1.97. The Morgan fingerprint density at radius 1 is 1.39 bits per heavy atom. The molecule has 3 nitrogen and oxygen atoms in total. The van der Waals surface area contributed by atoms with E-state index in [2.05, 4.69) is 53.6 Å². The largest absolute Gasteiger partial charge is 0.314 e. The third kappa shape index (κ3) is 3.54. The molecule has 0 radical (unpaired) electrons. The van der Waals surface area contributed by atoms with Gasteiger partial charge in [-0.25, -0.2) is 0 Å². The molecule has 4 heteroatoms. The summed E-state index contributed by atoms with van der Waals surface area (Å²) in [4.78, 5) is 6.44. The lowest BCUT2D eigenvalue weighted by molar-refractivity contribution is 0.150. The molecule has 0 aromatic carbocycles. The van der Waals surface area contributed by atoms with E-state index < -0.39 is 0 Å². The number of hydrogen-bond acceptors (Lipinski definition) is 4. The number of nitrogens with zero attached hydrogens (tertiary/aromatic N) is 2. The maximum Gasteiger partial charge on any atom is 0.0473 e. The molecule has 1 aromatic rings. The molecule has 1 fully saturated rings. The Morgan fingerprint density at radius 3 is 2.67 bits per heavy atom. The van der Waals surface area contributed by atoms with Gasteiger partial charge in [-0.3, -0.25) is 0 Å². The van der Waals surface area contributed by atoms with E-state index in [9.17, 15) is 0 Å². The maximum atomic E-state index is 3.42. The monoisotopic (exact) mass is 267 g/mol. The van der Waals surface area contributed by atoms with Crippen LogP contribution in [0.5, 0.6) is 0 Å². The van der Waals surface area contributed by atoms with Gasteiger partial charge in [0.1, 0.15) is 0 Å². The van der Waals surface area contributed by atoms with Gasteiger partial charge in [-0.15, -0.1) is 11.3 Å². The molecule has 18 heavy (non-hydrogen) atoms. The Hall–Kier alpha value is -0.420. The van der Waals surface area contributed by atoms with Gasteiger partial charge in [0.15, 0.2) is 0 Å². The van der Waals surface area contributed by atoms with Gasteiger partial charge < -0.3 is 15.1 Å². The predicted octanol–water partition coefficient (Wildman–Crippen LogP) is 1.89. The summed E-state index contributed by atoms with van der Waals surface area (Å²) >= 11 is 1.88. The van der Waals surface area contributed by atoms with Gasteiger partial charge in [-0.2, -0.15) is 0 Å². The topological polar surface area (TPSA) is 18.5 Å². The smallest absolute Gasteiger partial charge is 0.0473 e. The minimum absolute atomic E-state index is 0.542. The Kier molecular flexibility index (Phi) is 5.18. The molecule has 2 heterocycles. The zero-order valence-corrected chi connectivity index (χ0v) is 12.5. The first kappa shape index (κ1) is 14.0. The average Bonchev–Trinajstić information content (AvgIpc) is 2.83. The fraction of sp³-hybridized carbons (Fsp3) is 0.714. The van der Waals surface area contributed by atoms with Gasteiger partial charge in [0.05, 0.1) is 0 Å². The molecule has 2 atom stereocenters. The van der Waals surface area contributed by atoms with Crippen LogP contribution in [-0.2, 0) is 0 Å². The zero-order valence-electron chi connectivity index (χ0n) is 11.7. The minimum atomic E-state index is 0.542. The molecule has 0 aliphatic carbocycles. The van der Waals surface area contributed by atoms with E-state index in [1.54, 1.807) is 0 Å². The van der Waals surface area contributed by atoms with Gasteiger partial charge in [0.25, 0.3) is 0 Å². The quantitative estimate of drug-likeness (QED) is 0.879. The van der Waals surface area contributed by atoms with Crippen molar-refractivity contribution < 1.29 is 0 Å². The fourth-order valence-corrected chi connectivity index (χ4v) is 3.96. The van der Waals surface area contributed by atoms with Gasteiger partial charge in [0.2, 0.25) is 0 Å². The summed E-state index contributed by atoms with van der Waals surface area (Å²) in [5.41, 5.74) is 0. The van der Waals surface area contributed by atoms with E-state index >= 15 is 0 Å². The van der Waals surface area contributed by atoms with Gasteiger partial charge >= 0.3 is 0 Å². The van der Waals surface area contributed by atoms with E-state index in [1.165, 1.54) is 24.5 Å². The molecule has 0 bridgehead atoms. The summed E-state index contributed by atoms with van der Waals surface area (Å²) in [6.45, 7) is 8.23. The lowest BCUT2D eigenvalue weighted by Crippen LogP contribution is -2.46. The van der Waals surface area contributed by atoms with Crippen LogP contribution in [-0.4, -0.2) is 56.6 Å². The van der Waals surface area contributed by atoms with Crippen LogP contribution < -0.4 is 5.32 Å². The van der Waals surface area contributed by atoms with Crippen LogP contribution >= 0.6 is 11.3 Å². The van der Waals surface area contributed by atoms with E-state index in [4.69, 9.17) is 0 Å². The highest BCUT2D eigenvalue weighted by Crippen LogP contribution is 2.30. The van der Waals surface area contributed by atoms with Gasteiger partial charge in [-0.05, 0) is 31.5 Å². The lowest BCUT2D eigenvalue weighted by Gasteiger charge is -2.35. The number of piperazine rings is 1. The molecule has 1 aromatic heterocycles. The van der Waals surface area contributed by atoms with Crippen LogP contribution in [0, 0.1) is 5.92 Å². The standard InChI is InChI=1S/C14H25N3S/c1-12(11-17-8-6-15-7-9-17)14(16(2)3)13-5-4-10-18-13/h4-5,10,12,14-15H,6-9,11H2,1-3H3. The number of nitrogens with one attached hydrogen (secondary N) is 1. The van der Waals surface area contributed by atoms with Crippen LogP contribution in [0.2, 0.25) is 0 Å². The molecule has 2 rings (SSSR count). The van der Waals surface area contributed by atoms with E-state index in [-0.39, 0.29) is 0 Å². The van der Waals surface area contributed by atoms with Crippen molar-refractivity contribution in [2.75, 3.05) is 46.8 Å². The summed E-state index contributed by atoms with van der Waals surface area (Å²) in [7, 11) is 4.39. The second-order valence-corrected chi connectivity index (χ2v) is 6.43. The van der Waals surface area contributed by atoms with Crippen molar-refractivity contribution in [2.24, 2.45) is 5.92 Å². The first-order valence-corrected chi connectivity index (χ1v) is 7.69. The molecule has 2 unspecified atom stereocenters. The fourth-order valence-electron chi connectivity index (χ4n) is 2.90. The van der Waals surface area contributed by atoms with Gasteiger partial charge in [0, 0.05) is 43.6 Å². The van der Waals surface area contributed by atoms with Gasteiger partial charge in [-0.1, -0.05) is 13.0 Å². The molecule has 0 spiro atoms. The SMILES string of the molecule is CC(CN1CCNCC1)C(c1cccs1)N(C)C. The van der Waals surface area contributed by atoms with Crippen LogP contribution in [0.3, 0.4) is 0 Å². The molecule has 1 N–H and O–H groups in total. The Morgan fingerprint density at radius 2 is 2.11 bits per heavy atom. The highest BCUT2D eigenvalue weighted by Gasteiger charge is 2.24. The summed E-state index contributed by atoms with van der Waals surface area (Å²) in [6.07, 6.45) is 0. The molecule has 0 saturated carbocycles. The highest BCUT2D eigenvalue weighted by molar-refractivity contribution is 7.10. The zero-order chi connectivity index (χ0) is 13.0.